The van der Waals surface area contributed by atoms with Gasteiger partial charge in [0.25, 0.3) is 0 Å². The summed E-state index contributed by atoms with van der Waals surface area (Å²) >= 11 is 17.8. The zero-order chi connectivity index (χ0) is 21.0. The molecule has 1 aromatic carbocycles. The molecule has 0 saturated heterocycles. The standard InChI is InChI=1S/C18H36P6S3/c1-19(2)13-20(14-22(3,4)25)17-11-9-10-12-18(17)21(15-23(5,6)26)16-24(7,8)27/h9-12H,13-16H2,1-8H3/t20-/m0/s1. The summed E-state index contributed by atoms with van der Waals surface area (Å²) in [5.41, 5.74) is 0. The SMILES string of the molecule is CP(C)C[P@@](CP(C)(C)=S)c1ccccc1P(CP(C)(C)=S)CP(C)(C)=S. The summed E-state index contributed by atoms with van der Waals surface area (Å²) in [5.74, 6) is 5.01. The second-order valence-corrected chi connectivity index (χ2v) is 37.1. The first-order chi connectivity index (χ1) is 12.1. The third-order valence-corrected chi connectivity index (χ3v) is 24.9. The van der Waals surface area contributed by atoms with E-state index in [2.05, 4.69) is 77.6 Å². The van der Waals surface area contributed by atoms with E-state index < -0.39 is 18.1 Å². The van der Waals surface area contributed by atoms with Crippen molar-refractivity contribution in [2.45, 2.75) is 0 Å². The molecule has 9 heteroatoms. The Kier molecular flexibility index (Phi) is 11.6. The van der Waals surface area contributed by atoms with Crippen molar-refractivity contribution in [3.8, 4) is 0 Å². The third-order valence-electron chi connectivity index (χ3n) is 3.55. The highest BCUT2D eigenvalue weighted by molar-refractivity contribution is 8.20. The fraction of sp³-hybridized carbons (Fsp3) is 0.667. The van der Waals surface area contributed by atoms with Crippen molar-refractivity contribution in [2.75, 3.05) is 76.9 Å². The van der Waals surface area contributed by atoms with Crippen LogP contribution >= 0.6 is 41.9 Å². The molecule has 1 atom stereocenters. The van der Waals surface area contributed by atoms with E-state index in [1.807, 2.05) is 0 Å². The second kappa shape index (κ2) is 11.4. The van der Waals surface area contributed by atoms with E-state index in [9.17, 15) is 0 Å². The molecule has 27 heavy (non-hydrogen) atoms. The minimum absolute atomic E-state index is 0.0784. The van der Waals surface area contributed by atoms with Crippen LogP contribution in [0, 0.1) is 0 Å². The van der Waals surface area contributed by atoms with Crippen molar-refractivity contribution in [3.05, 3.63) is 24.3 Å². The van der Waals surface area contributed by atoms with Gasteiger partial charge in [-0.3, -0.25) is 0 Å². The highest BCUT2D eigenvalue weighted by Crippen LogP contribution is 2.61. The molecule has 0 aliphatic rings. The lowest BCUT2D eigenvalue weighted by molar-refractivity contribution is 1.78. The van der Waals surface area contributed by atoms with E-state index in [-0.39, 0.29) is 23.8 Å². The van der Waals surface area contributed by atoms with Gasteiger partial charge in [0.1, 0.15) is 0 Å². The number of hydrogen-bond donors (Lipinski definition) is 0. The first-order valence-corrected chi connectivity index (χ1v) is 26.4. The molecule has 0 saturated carbocycles. The summed E-state index contributed by atoms with van der Waals surface area (Å²) in [6.45, 7) is 18.7. The normalized spacial score (nSPS) is 14.7. The van der Waals surface area contributed by atoms with E-state index in [0.717, 1.165) is 0 Å². The smallest absolute Gasteiger partial charge is 0.000947 e. The zero-order valence-corrected chi connectivity index (χ0v) is 25.9. The lowest BCUT2D eigenvalue weighted by Gasteiger charge is -2.31. The first-order valence-electron chi connectivity index (χ1n) is 8.93. The van der Waals surface area contributed by atoms with E-state index in [4.69, 9.17) is 35.4 Å². The van der Waals surface area contributed by atoms with Crippen LogP contribution in [0.3, 0.4) is 0 Å². The van der Waals surface area contributed by atoms with E-state index in [1.54, 1.807) is 10.6 Å². The van der Waals surface area contributed by atoms with Gasteiger partial charge in [0.05, 0.1) is 0 Å². The Morgan fingerprint density at radius 1 is 0.667 bits per heavy atom. The van der Waals surface area contributed by atoms with Crippen LogP contribution < -0.4 is 10.6 Å². The highest BCUT2D eigenvalue weighted by Gasteiger charge is 2.26. The molecule has 0 aliphatic heterocycles. The van der Waals surface area contributed by atoms with Crippen molar-refractivity contribution in [3.63, 3.8) is 0 Å². The number of rotatable bonds is 10. The van der Waals surface area contributed by atoms with E-state index >= 15 is 0 Å². The molecule has 0 nitrogen and oxygen atoms in total. The maximum atomic E-state index is 5.92. The van der Waals surface area contributed by atoms with Crippen LogP contribution in [0.25, 0.3) is 0 Å². The predicted octanol–water partition coefficient (Wildman–Crippen LogP) is 6.69. The molecule has 0 unspecified atom stereocenters. The van der Waals surface area contributed by atoms with Gasteiger partial charge in [-0.15, -0.1) is 7.92 Å². The Labute approximate surface area is 188 Å². The van der Waals surface area contributed by atoms with Gasteiger partial charge in [0.2, 0.25) is 0 Å². The van der Waals surface area contributed by atoms with Crippen LogP contribution in [0.5, 0.6) is 0 Å². The Balaban J connectivity index is 3.45. The fourth-order valence-electron chi connectivity index (χ4n) is 2.97. The molecule has 1 rings (SSSR count). The molecule has 0 spiro atoms. The molecule has 0 fully saturated rings. The third kappa shape index (κ3) is 12.2. The molecule has 0 aliphatic carbocycles. The van der Waals surface area contributed by atoms with Crippen LogP contribution in [0.2, 0.25) is 0 Å². The van der Waals surface area contributed by atoms with E-state index in [1.165, 1.54) is 23.6 Å². The van der Waals surface area contributed by atoms with Gasteiger partial charge in [-0.1, -0.05) is 75.5 Å². The summed E-state index contributed by atoms with van der Waals surface area (Å²) in [4.78, 5) is 0. The van der Waals surface area contributed by atoms with Crippen molar-refractivity contribution < 1.29 is 0 Å². The van der Waals surface area contributed by atoms with Gasteiger partial charge < -0.3 is 0 Å². The molecule has 0 radical (unpaired) electrons. The number of benzene rings is 1. The number of hydrogen-bond acceptors (Lipinski definition) is 3. The molecule has 0 amide bonds. The van der Waals surface area contributed by atoms with Crippen molar-refractivity contribution >= 4 is 87.9 Å². The molecular formula is C18H36P6S3. The van der Waals surface area contributed by atoms with Crippen LogP contribution in [-0.2, 0) is 35.4 Å². The Hall–Kier alpha value is 2.46. The van der Waals surface area contributed by atoms with Gasteiger partial charge >= 0.3 is 0 Å². The maximum Gasteiger partial charge on any atom is 0.000947 e. The minimum Gasteiger partial charge on any atom is -0.108 e. The largest absolute Gasteiger partial charge is 0.108 e. The van der Waals surface area contributed by atoms with Crippen molar-refractivity contribution in [2.24, 2.45) is 0 Å². The molecule has 0 bridgehead atoms. The Bertz CT molecular complexity index is 734. The Morgan fingerprint density at radius 3 is 1.33 bits per heavy atom. The lowest BCUT2D eigenvalue weighted by Crippen LogP contribution is -2.25. The molecule has 0 N–H and O–H groups in total. The van der Waals surface area contributed by atoms with Gasteiger partial charge in [0, 0.05) is 17.7 Å². The molecular weight excluding hydrogens is 498 g/mol. The van der Waals surface area contributed by atoms with Crippen LogP contribution in [0.1, 0.15) is 0 Å². The fourth-order valence-corrected chi connectivity index (χ4v) is 26.3. The minimum atomic E-state index is -1.26. The van der Waals surface area contributed by atoms with E-state index in [0.29, 0.717) is 0 Å². The Morgan fingerprint density at radius 2 is 1.00 bits per heavy atom. The van der Waals surface area contributed by atoms with Gasteiger partial charge in [-0.05, 0) is 87.9 Å². The van der Waals surface area contributed by atoms with Crippen molar-refractivity contribution in [1.82, 2.24) is 0 Å². The highest BCUT2D eigenvalue weighted by atomic mass is 32.4. The lowest BCUT2D eigenvalue weighted by atomic mass is 10.4. The van der Waals surface area contributed by atoms with Gasteiger partial charge in [0.15, 0.2) is 0 Å². The maximum absolute atomic E-state index is 5.92. The van der Waals surface area contributed by atoms with Gasteiger partial charge in [-0.25, -0.2) is 0 Å². The first kappa shape index (κ1) is 27.5. The van der Waals surface area contributed by atoms with Crippen molar-refractivity contribution in [1.29, 1.82) is 0 Å². The summed E-state index contributed by atoms with van der Waals surface area (Å²) in [5, 5.41) is 3.26. The second-order valence-electron chi connectivity index (χ2n) is 8.94. The summed E-state index contributed by atoms with van der Waals surface area (Å²) < 4.78 is 0. The quantitative estimate of drug-likeness (QED) is 0.307. The summed E-state index contributed by atoms with van der Waals surface area (Å²) in [7, 11) is -0.354. The molecule has 156 valence electrons. The molecule has 0 heterocycles. The predicted molar refractivity (Wildman–Crippen MR) is 156 cm³/mol. The topological polar surface area (TPSA) is 0 Å². The van der Waals surface area contributed by atoms with Gasteiger partial charge in [-0.2, -0.15) is 0 Å². The molecule has 0 aromatic heterocycles. The summed E-state index contributed by atoms with van der Waals surface area (Å²) in [6, 6.07) is 5.57. The monoisotopic (exact) mass is 534 g/mol. The molecule has 1 aromatic rings. The average molecular weight is 535 g/mol. The van der Waals surface area contributed by atoms with Crippen LogP contribution in [0.4, 0.5) is 0 Å². The van der Waals surface area contributed by atoms with Crippen LogP contribution in [-0.4, -0.2) is 76.9 Å². The van der Waals surface area contributed by atoms with Crippen LogP contribution in [0.15, 0.2) is 24.3 Å². The zero-order valence-electron chi connectivity index (χ0n) is 18.0. The summed E-state index contributed by atoms with van der Waals surface area (Å²) in [6.07, 6.45) is 0. The average Bonchev–Trinajstić information content (AvgIpc) is 2.41.